The van der Waals surface area contributed by atoms with Gasteiger partial charge >= 0.3 is 6.61 Å². The highest BCUT2D eigenvalue weighted by Gasteiger charge is 2.30. The summed E-state index contributed by atoms with van der Waals surface area (Å²) in [5.41, 5.74) is 8.04. The van der Waals surface area contributed by atoms with Gasteiger partial charge in [0.1, 0.15) is 29.7 Å². The molecule has 1 saturated heterocycles. The number of halogens is 2. The summed E-state index contributed by atoms with van der Waals surface area (Å²) in [6, 6.07) is 16.5. The maximum atomic E-state index is 13.0. The number of ether oxygens (including phenoxy) is 2. The van der Waals surface area contributed by atoms with Gasteiger partial charge in [0.25, 0.3) is 0 Å². The van der Waals surface area contributed by atoms with E-state index in [4.69, 9.17) is 15.2 Å². The number of pyridine rings is 1. The number of benzene rings is 2. The van der Waals surface area contributed by atoms with E-state index in [1.54, 1.807) is 59.3 Å². The number of hydrogen-bond acceptors (Lipinski definition) is 7. The smallest absolute Gasteiger partial charge is 0.387 e. The molecular formula is C26H22F2N6O3. The number of nitrogens with zero attached hydrogens (tertiary/aromatic N) is 5. The summed E-state index contributed by atoms with van der Waals surface area (Å²) >= 11 is 0. The molecular weight excluding hydrogens is 482 g/mol. The number of imidazole rings is 1. The lowest BCUT2D eigenvalue weighted by molar-refractivity contribution is -0.118. The molecule has 4 aromatic rings. The molecule has 188 valence electrons. The van der Waals surface area contributed by atoms with Crippen molar-refractivity contribution in [1.82, 2.24) is 14.5 Å². The molecule has 0 radical (unpaired) electrons. The van der Waals surface area contributed by atoms with Crippen LogP contribution in [0.3, 0.4) is 0 Å². The predicted octanol–water partition coefficient (Wildman–Crippen LogP) is 3.60. The standard InChI is InChI=1S/C26H22F2N6O3/c27-26(28)37-22-4-2-1-3-17(22)14-34-21-11-16(13-29)5-6-20(21)32-24(34)15-36-18-7-9-31-23(12-18)33-10-8-19(30)25(33)35/h1-7,9,11-12,19,26H,8,10,14-15,30H2. The molecule has 0 spiro atoms. The Kier molecular flexibility index (Phi) is 6.66. The Morgan fingerprint density at radius 1 is 1.19 bits per heavy atom. The van der Waals surface area contributed by atoms with E-state index >= 15 is 0 Å². The number of para-hydroxylation sites is 1. The molecule has 5 rings (SSSR count). The number of anilines is 1. The number of alkyl halides is 2. The summed E-state index contributed by atoms with van der Waals surface area (Å²) < 4.78 is 38.5. The van der Waals surface area contributed by atoms with Gasteiger partial charge in [0, 0.05) is 24.4 Å². The van der Waals surface area contributed by atoms with E-state index in [1.165, 1.54) is 11.0 Å². The van der Waals surface area contributed by atoms with Crippen LogP contribution < -0.4 is 20.1 Å². The van der Waals surface area contributed by atoms with Crippen molar-refractivity contribution in [3.63, 3.8) is 0 Å². The lowest BCUT2D eigenvalue weighted by Crippen LogP contribution is -2.34. The third-order valence-electron chi connectivity index (χ3n) is 6.08. The number of aromatic nitrogens is 3. The number of nitriles is 1. The number of amides is 1. The minimum Gasteiger partial charge on any atom is -0.485 e. The van der Waals surface area contributed by atoms with Crippen molar-refractivity contribution in [3.8, 4) is 17.6 Å². The Bertz CT molecular complexity index is 1500. The molecule has 0 bridgehead atoms. The fourth-order valence-electron chi connectivity index (χ4n) is 4.26. The van der Waals surface area contributed by atoms with E-state index in [1.807, 2.05) is 0 Å². The molecule has 9 nitrogen and oxygen atoms in total. The molecule has 2 N–H and O–H groups in total. The van der Waals surface area contributed by atoms with E-state index in [2.05, 4.69) is 16.0 Å². The fraction of sp³-hybridized carbons (Fsp3) is 0.231. The zero-order valence-corrected chi connectivity index (χ0v) is 19.6. The second kappa shape index (κ2) is 10.2. The van der Waals surface area contributed by atoms with Gasteiger partial charge in [-0.15, -0.1) is 0 Å². The molecule has 1 aliphatic heterocycles. The maximum absolute atomic E-state index is 13.0. The average molecular weight is 504 g/mol. The van der Waals surface area contributed by atoms with E-state index in [0.29, 0.717) is 52.5 Å². The van der Waals surface area contributed by atoms with Crippen LogP contribution >= 0.6 is 0 Å². The van der Waals surface area contributed by atoms with Crippen LogP contribution in [-0.4, -0.2) is 39.6 Å². The van der Waals surface area contributed by atoms with E-state index < -0.39 is 12.7 Å². The first-order valence-electron chi connectivity index (χ1n) is 11.5. The second-order valence-electron chi connectivity index (χ2n) is 8.44. The summed E-state index contributed by atoms with van der Waals surface area (Å²) in [5.74, 6) is 1.28. The number of carbonyl (C=O) groups excluding carboxylic acids is 1. The molecule has 0 saturated carbocycles. The van der Waals surface area contributed by atoms with Gasteiger partial charge in [0.05, 0.1) is 35.3 Å². The fourth-order valence-corrected chi connectivity index (χ4v) is 4.26. The zero-order chi connectivity index (χ0) is 25.9. The first-order valence-corrected chi connectivity index (χ1v) is 11.5. The Morgan fingerprint density at radius 2 is 2.03 bits per heavy atom. The largest absolute Gasteiger partial charge is 0.485 e. The molecule has 3 heterocycles. The number of fused-ring (bicyclic) bond motifs is 1. The SMILES string of the molecule is N#Cc1ccc2nc(COc3ccnc(N4CCC(N)C4=O)c3)n(Cc3ccccc3OC(F)F)c2c1. The van der Waals surface area contributed by atoms with Crippen LogP contribution in [0.2, 0.25) is 0 Å². The van der Waals surface area contributed by atoms with Crippen molar-refractivity contribution in [2.24, 2.45) is 5.73 Å². The van der Waals surface area contributed by atoms with Gasteiger partial charge in [-0.05, 0) is 36.8 Å². The molecule has 37 heavy (non-hydrogen) atoms. The van der Waals surface area contributed by atoms with Crippen molar-refractivity contribution in [1.29, 1.82) is 5.26 Å². The van der Waals surface area contributed by atoms with Gasteiger partial charge in [0.15, 0.2) is 0 Å². The van der Waals surface area contributed by atoms with E-state index in [9.17, 15) is 18.8 Å². The average Bonchev–Trinajstić information content (AvgIpc) is 3.42. The van der Waals surface area contributed by atoms with Crippen LogP contribution in [0, 0.1) is 11.3 Å². The second-order valence-corrected chi connectivity index (χ2v) is 8.44. The monoisotopic (exact) mass is 504 g/mol. The van der Waals surface area contributed by atoms with Crippen molar-refractivity contribution in [2.75, 3.05) is 11.4 Å². The lowest BCUT2D eigenvalue weighted by Gasteiger charge is -2.16. The number of nitrogens with two attached hydrogens (primary N) is 1. The molecule has 2 aromatic carbocycles. The van der Waals surface area contributed by atoms with Crippen molar-refractivity contribution < 1.29 is 23.0 Å². The van der Waals surface area contributed by atoms with Gasteiger partial charge in [-0.3, -0.25) is 9.69 Å². The minimum absolute atomic E-state index is 0.0331. The molecule has 1 aliphatic rings. The van der Waals surface area contributed by atoms with Gasteiger partial charge in [-0.2, -0.15) is 14.0 Å². The normalized spacial score (nSPS) is 15.4. The van der Waals surface area contributed by atoms with E-state index in [-0.39, 0.29) is 24.8 Å². The summed E-state index contributed by atoms with van der Waals surface area (Å²) in [6.07, 6.45) is 2.10. The number of hydrogen-bond donors (Lipinski definition) is 1. The summed E-state index contributed by atoms with van der Waals surface area (Å²) in [4.78, 5) is 22.7. The Labute approximate surface area is 210 Å². The van der Waals surface area contributed by atoms with Crippen molar-refractivity contribution in [2.45, 2.75) is 32.2 Å². The van der Waals surface area contributed by atoms with Crippen LogP contribution in [0.15, 0.2) is 60.8 Å². The van der Waals surface area contributed by atoms with Crippen LogP contribution in [0.1, 0.15) is 23.4 Å². The predicted molar refractivity (Wildman–Crippen MR) is 130 cm³/mol. The minimum atomic E-state index is -2.97. The van der Waals surface area contributed by atoms with Crippen molar-refractivity contribution in [3.05, 3.63) is 77.7 Å². The Hall–Kier alpha value is -4.56. The van der Waals surface area contributed by atoms with Gasteiger partial charge < -0.3 is 19.8 Å². The van der Waals surface area contributed by atoms with Crippen LogP contribution in [0.25, 0.3) is 11.0 Å². The zero-order valence-electron chi connectivity index (χ0n) is 19.6. The van der Waals surface area contributed by atoms with Crippen LogP contribution in [-0.2, 0) is 17.9 Å². The highest BCUT2D eigenvalue weighted by atomic mass is 19.3. The van der Waals surface area contributed by atoms with Crippen LogP contribution in [0.4, 0.5) is 14.6 Å². The van der Waals surface area contributed by atoms with Gasteiger partial charge in [-0.1, -0.05) is 18.2 Å². The molecule has 2 aromatic heterocycles. The molecule has 1 atom stereocenters. The molecule has 0 aliphatic carbocycles. The summed E-state index contributed by atoms with van der Waals surface area (Å²) in [5, 5.41) is 9.38. The maximum Gasteiger partial charge on any atom is 0.387 e. The number of carbonyl (C=O) groups is 1. The first-order chi connectivity index (χ1) is 17.9. The topological polar surface area (TPSA) is 119 Å². The van der Waals surface area contributed by atoms with Crippen molar-refractivity contribution >= 4 is 22.8 Å². The van der Waals surface area contributed by atoms with Gasteiger partial charge in [-0.25, -0.2) is 9.97 Å². The molecule has 1 amide bonds. The Morgan fingerprint density at radius 3 is 2.78 bits per heavy atom. The quantitative estimate of drug-likeness (QED) is 0.389. The highest BCUT2D eigenvalue weighted by Crippen LogP contribution is 2.27. The van der Waals surface area contributed by atoms with Gasteiger partial charge in [0.2, 0.25) is 5.91 Å². The lowest BCUT2D eigenvalue weighted by atomic mass is 10.2. The first kappa shape index (κ1) is 24.1. The van der Waals surface area contributed by atoms with Crippen LogP contribution in [0.5, 0.6) is 11.5 Å². The Balaban J connectivity index is 1.46. The summed E-state index contributed by atoms with van der Waals surface area (Å²) in [7, 11) is 0. The molecule has 1 fully saturated rings. The van der Waals surface area contributed by atoms with E-state index in [0.717, 1.165) is 0 Å². The molecule has 11 heteroatoms. The highest BCUT2D eigenvalue weighted by molar-refractivity contribution is 5.98. The number of rotatable bonds is 8. The third-order valence-corrected chi connectivity index (χ3v) is 6.08. The third kappa shape index (κ3) is 5.05. The molecule has 1 unspecified atom stereocenters. The summed E-state index contributed by atoms with van der Waals surface area (Å²) in [6.45, 7) is -2.29.